The Hall–Kier alpha value is -4.27. The molecule has 0 aliphatic carbocycles. The van der Waals surface area contributed by atoms with Crippen molar-refractivity contribution in [3.8, 4) is 16.9 Å². The third kappa shape index (κ3) is 9.12. The van der Waals surface area contributed by atoms with Gasteiger partial charge in [-0.2, -0.15) is 26.3 Å². The third-order valence-electron chi connectivity index (χ3n) is 6.95. The van der Waals surface area contributed by atoms with E-state index in [1.54, 1.807) is 35.9 Å². The van der Waals surface area contributed by atoms with E-state index < -0.39 is 51.9 Å². The molecule has 45 heavy (non-hydrogen) atoms. The molecule has 1 heterocycles. The molecule has 242 valence electrons. The SMILES string of the molecule is CCOc1cccc(-c2cc(C(=O)N3CCN(c4ccc(C(=O)NS(=O)(=O)CCC(F)(F)F)cc4)CC3)cc(C(F)(F)F)c2)c1. The van der Waals surface area contributed by atoms with Crippen molar-refractivity contribution in [2.24, 2.45) is 0 Å². The first kappa shape index (κ1) is 33.6. The van der Waals surface area contributed by atoms with Crippen molar-refractivity contribution in [2.75, 3.05) is 43.4 Å². The molecule has 2 amide bonds. The molecular formula is C30H29F6N3O5S. The van der Waals surface area contributed by atoms with Gasteiger partial charge in [-0.05, 0) is 72.6 Å². The number of piperazine rings is 1. The molecule has 4 rings (SSSR count). The molecule has 0 radical (unpaired) electrons. The first-order valence-electron chi connectivity index (χ1n) is 13.8. The van der Waals surface area contributed by atoms with E-state index in [2.05, 4.69) is 0 Å². The Balaban J connectivity index is 1.43. The molecule has 0 atom stereocenters. The second-order valence-electron chi connectivity index (χ2n) is 10.2. The number of sulfonamides is 1. The number of amides is 2. The van der Waals surface area contributed by atoms with Gasteiger partial charge >= 0.3 is 12.4 Å². The molecule has 1 fully saturated rings. The van der Waals surface area contributed by atoms with Crippen LogP contribution in [0, 0.1) is 0 Å². The smallest absolute Gasteiger partial charge is 0.416 e. The van der Waals surface area contributed by atoms with Crippen LogP contribution in [0.2, 0.25) is 0 Å². The number of nitrogens with zero attached hydrogens (tertiary/aromatic N) is 2. The van der Waals surface area contributed by atoms with Gasteiger partial charge in [0.2, 0.25) is 10.0 Å². The molecule has 8 nitrogen and oxygen atoms in total. The summed E-state index contributed by atoms with van der Waals surface area (Å²) in [4.78, 5) is 28.9. The highest BCUT2D eigenvalue weighted by atomic mass is 32.2. The summed E-state index contributed by atoms with van der Waals surface area (Å²) >= 11 is 0. The predicted octanol–water partition coefficient (Wildman–Crippen LogP) is 5.75. The number of hydrogen-bond donors (Lipinski definition) is 1. The highest BCUT2D eigenvalue weighted by Crippen LogP contribution is 2.35. The topological polar surface area (TPSA) is 96.0 Å². The zero-order valence-corrected chi connectivity index (χ0v) is 24.7. The van der Waals surface area contributed by atoms with Gasteiger partial charge in [-0.3, -0.25) is 9.59 Å². The molecule has 3 aromatic carbocycles. The molecule has 0 unspecified atom stereocenters. The molecular weight excluding hydrogens is 628 g/mol. The van der Waals surface area contributed by atoms with Gasteiger partial charge in [0, 0.05) is 43.0 Å². The van der Waals surface area contributed by atoms with Gasteiger partial charge in [-0.1, -0.05) is 12.1 Å². The summed E-state index contributed by atoms with van der Waals surface area (Å²) in [5.41, 5.74) is 0.133. The maximum Gasteiger partial charge on any atom is 0.416 e. The summed E-state index contributed by atoms with van der Waals surface area (Å²) in [6.07, 6.45) is -11.0. The molecule has 1 aliphatic heterocycles. The van der Waals surface area contributed by atoms with E-state index in [-0.39, 0.29) is 29.8 Å². The summed E-state index contributed by atoms with van der Waals surface area (Å²) in [6.45, 7) is 3.15. The van der Waals surface area contributed by atoms with E-state index >= 15 is 0 Å². The summed E-state index contributed by atoms with van der Waals surface area (Å²) < 4.78 is 109. The summed E-state index contributed by atoms with van der Waals surface area (Å²) in [6, 6.07) is 15.5. The lowest BCUT2D eigenvalue weighted by atomic mass is 9.98. The number of benzene rings is 3. The number of carbonyl (C=O) groups is 2. The van der Waals surface area contributed by atoms with Crippen LogP contribution in [0.5, 0.6) is 5.75 Å². The fraction of sp³-hybridized carbons (Fsp3) is 0.333. The molecule has 0 aromatic heterocycles. The molecule has 0 saturated carbocycles. The van der Waals surface area contributed by atoms with Crippen LogP contribution in [-0.2, 0) is 16.2 Å². The summed E-state index contributed by atoms with van der Waals surface area (Å²) in [7, 11) is -4.50. The fourth-order valence-corrected chi connectivity index (χ4v) is 5.69. The quantitative estimate of drug-likeness (QED) is 0.295. The van der Waals surface area contributed by atoms with Gasteiger partial charge in [-0.15, -0.1) is 0 Å². The monoisotopic (exact) mass is 657 g/mol. The van der Waals surface area contributed by atoms with Gasteiger partial charge < -0.3 is 14.5 Å². The minimum absolute atomic E-state index is 0.0877. The maximum atomic E-state index is 13.8. The number of nitrogens with one attached hydrogen (secondary N) is 1. The van der Waals surface area contributed by atoms with Crippen LogP contribution in [0.1, 0.15) is 39.6 Å². The lowest BCUT2D eigenvalue weighted by Crippen LogP contribution is -2.48. The average Bonchev–Trinajstić information content (AvgIpc) is 2.99. The fourth-order valence-electron chi connectivity index (χ4n) is 4.69. The number of carbonyl (C=O) groups excluding carboxylic acids is 2. The first-order chi connectivity index (χ1) is 21.0. The second kappa shape index (κ2) is 13.4. The van der Waals surface area contributed by atoms with E-state index in [9.17, 15) is 44.3 Å². The minimum Gasteiger partial charge on any atom is -0.494 e. The van der Waals surface area contributed by atoms with Crippen molar-refractivity contribution in [1.82, 2.24) is 9.62 Å². The predicted molar refractivity (Wildman–Crippen MR) is 155 cm³/mol. The van der Waals surface area contributed by atoms with Crippen LogP contribution >= 0.6 is 0 Å². The van der Waals surface area contributed by atoms with Crippen molar-refractivity contribution in [3.05, 3.63) is 83.4 Å². The zero-order chi connectivity index (χ0) is 33.0. The van der Waals surface area contributed by atoms with Crippen molar-refractivity contribution in [1.29, 1.82) is 0 Å². The molecule has 0 bridgehead atoms. The van der Waals surface area contributed by atoms with Gasteiger partial charge in [-0.25, -0.2) is 13.1 Å². The van der Waals surface area contributed by atoms with E-state index in [1.165, 1.54) is 35.2 Å². The number of alkyl halides is 6. The number of halogens is 6. The molecule has 0 spiro atoms. The Labute approximate surface area is 255 Å². The van der Waals surface area contributed by atoms with Crippen LogP contribution in [0.25, 0.3) is 11.1 Å². The Morgan fingerprint density at radius 2 is 1.51 bits per heavy atom. The lowest BCUT2D eigenvalue weighted by molar-refractivity contribution is -0.137. The maximum absolute atomic E-state index is 13.8. The van der Waals surface area contributed by atoms with Gasteiger partial charge in [0.05, 0.1) is 24.3 Å². The molecule has 3 aromatic rings. The Bertz CT molecular complexity index is 1630. The standard InChI is InChI=1S/C30H29F6N3O5S/c1-2-44-26-5-3-4-21(19-26)22-16-23(18-24(17-22)30(34,35)36)28(41)39-13-11-38(12-14-39)25-8-6-20(7-9-25)27(40)37-45(42,43)15-10-29(31,32)33/h3-9,16-19H,2,10-15H2,1H3,(H,37,40). The van der Waals surface area contributed by atoms with E-state index in [0.717, 1.165) is 12.1 Å². The number of anilines is 1. The first-order valence-corrected chi connectivity index (χ1v) is 15.4. The number of rotatable bonds is 9. The van der Waals surface area contributed by atoms with Gasteiger partial charge in [0.25, 0.3) is 11.8 Å². The Morgan fingerprint density at radius 1 is 0.844 bits per heavy atom. The van der Waals surface area contributed by atoms with Crippen LogP contribution in [0.15, 0.2) is 66.7 Å². The highest BCUT2D eigenvalue weighted by Gasteiger charge is 2.33. The van der Waals surface area contributed by atoms with E-state index in [4.69, 9.17) is 4.74 Å². The van der Waals surface area contributed by atoms with Gasteiger partial charge in [0.15, 0.2) is 0 Å². The Kier molecular flexibility index (Phi) is 10.00. The van der Waals surface area contributed by atoms with Gasteiger partial charge in [0.1, 0.15) is 5.75 Å². The number of hydrogen-bond acceptors (Lipinski definition) is 6. The molecule has 1 aliphatic rings. The minimum atomic E-state index is -4.69. The summed E-state index contributed by atoms with van der Waals surface area (Å²) in [5.74, 6) is -2.45. The number of ether oxygens (including phenoxy) is 1. The second-order valence-corrected chi connectivity index (χ2v) is 12.0. The molecule has 1 N–H and O–H groups in total. The van der Waals surface area contributed by atoms with Crippen LogP contribution in [0.3, 0.4) is 0 Å². The van der Waals surface area contributed by atoms with E-state index in [1.807, 2.05) is 4.90 Å². The normalized spacial score (nSPS) is 14.3. The lowest BCUT2D eigenvalue weighted by Gasteiger charge is -2.36. The van der Waals surface area contributed by atoms with Crippen LogP contribution in [0.4, 0.5) is 32.0 Å². The van der Waals surface area contributed by atoms with Crippen molar-refractivity contribution in [3.63, 3.8) is 0 Å². The zero-order valence-electron chi connectivity index (χ0n) is 23.9. The average molecular weight is 658 g/mol. The molecule has 1 saturated heterocycles. The van der Waals surface area contributed by atoms with Crippen LogP contribution in [-0.4, -0.2) is 69.8 Å². The van der Waals surface area contributed by atoms with Crippen LogP contribution < -0.4 is 14.4 Å². The largest absolute Gasteiger partial charge is 0.494 e. The van der Waals surface area contributed by atoms with Crippen molar-refractivity contribution in [2.45, 2.75) is 25.7 Å². The van der Waals surface area contributed by atoms with E-state index in [0.29, 0.717) is 36.7 Å². The molecule has 15 heteroatoms. The highest BCUT2D eigenvalue weighted by molar-refractivity contribution is 7.90. The summed E-state index contributed by atoms with van der Waals surface area (Å²) in [5, 5.41) is 0. The van der Waals surface area contributed by atoms with Crippen molar-refractivity contribution >= 4 is 27.5 Å². The Morgan fingerprint density at radius 3 is 2.11 bits per heavy atom. The third-order valence-corrected chi connectivity index (χ3v) is 8.19. The van der Waals surface area contributed by atoms with Crippen molar-refractivity contribution < 1.29 is 49.1 Å².